The quantitative estimate of drug-likeness (QED) is 0.756. The van der Waals surface area contributed by atoms with Gasteiger partial charge >= 0.3 is 0 Å². The maximum absolute atomic E-state index is 14.5. The fraction of sp³-hybridized carbons (Fsp3) is 0.263. The van der Waals surface area contributed by atoms with Crippen LogP contribution in [0.2, 0.25) is 5.02 Å². The first-order valence-corrected chi connectivity index (χ1v) is 8.71. The zero-order valence-electron chi connectivity index (χ0n) is 13.8. The summed E-state index contributed by atoms with van der Waals surface area (Å²) in [5.74, 6) is 0.234. The molecule has 0 radical (unpaired) electrons. The van der Waals surface area contributed by atoms with E-state index in [2.05, 4.69) is 17.1 Å². The van der Waals surface area contributed by atoms with Gasteiger partial charge in [0, 0.05) is 31.1 Å². The lowest BCUT2D eigenvalue weighted by Gasteiger charge is -2.34. The second-order valence-corrected chi connectivity index (χ2v) is 6.64. The lowest BCUT2D eigenvalue weighted by Crippen LogP contribution is -2.50. The summed E-state index contributed by atoms with van der Waals surface area (Å²) in [6.07, 6.45) is 0. The molecule has 0 amide bonds. The van der Waals surface area contributed by atoms with Crippen molar-refractivity contribution in [2.45, 2.75) is 13.0 Å². The van der Waals surface area contributed by atoms with Crippen molar-refractivity contribution in [1.82, 2.24) is 15.3 Å². The normalized spacial score (nSPS) is 17.9. The van der Waals surface area contributed by atoms with Crippen LogP contribution < -0.4 is 10.2 Å². The molecule has 1 atom stereocenters. The highest BCUT2D eigenvalue weighted by molar-refractivity contribution is 6.33. The van der Waals surface area contributed by atoms with E-state index in [0.29, 0.717) is 22.2 Å². The minimum absolute atomic E-state index is 0.263. The van der Waals surface area contributed by atoms with Crippen LogP contribution in [0.15, 0.2) is 42.5 Å². The van der Waals surface area contributed by atoms with Crippen molar-refractivity contribution in [3.05, 3.63) is 53.3 Å². The fourth-order valence-electron chi connectivity index (χ4n) is 3.25. The molecule has 4 rings (SSSR count). The molecule has 0 aliphatic carbocycles. The first-order chi connectivity index (χ1) is 12.1. The van der Waals surface area contributed by atoms with Crippen molar-refractivity contribution in [2.75, 3.05) is 24.5 Å². The summed E-state index contributed by atoms with van der Waals surface area (Å²) in [6.45, 7) is 4.67. The highest BCUT2D eigenvalue weighted by Gasteiger charge is 2.23. The molecule has 0 saturated carbocycles. The number of nitrogens with one attached hydrogen (secondary N) is 1. The van der Waals surface area contributed by atoms with E-state index >= 15 is 0 Å². The zero-order chi connectivity index (χ0) is 17.4. The van der Waals surface area contributed by atoms with Gasteiger partial charge in [-0.2, -0.15) is 0 Å². The molecule has 0 bridgehead atoms. The summed E-state index contributed by atoms with van der Waals surface area (Å²) in [7, 11) is 0. The molecule has 0 unspecified atom stereocenters. The van der Waals surface area contributed by atoms with Gasteiger partial charge in [0.25, 0.3) is 0 Å². The van der Waals surface area contributed by atoms with Gasteiger partial charge in [0.1, 0.15) is 5.82 Å². The maximum atomic E-state index is 14.5. The highest BCUT2D eigenvalue weighted by atomic mass is 35.5. The smallest absolute Gasteiger partial charge is 0.226 e. The van der Waals surface area contributed by atoms with E-state index in [0.717, 1.165) is 30.5 Å². The van der Waals surface area contributed by atoms with Crippen LogP contribution in [0.5, 0.6) is 0 Å². The SMILES string of the molecule is C[C@H]1CNCCN1c1nc(-c2c(F)cccc2Cl)c2ccccc2n1. The Morgan fingerprint density at radius 1 is 1.16 bits per heavy atom. The summed E-state index contributed by atoms with van der Waals surface area (Å²) in [5, 5.41) is 4.50. The average molecular weight is 357 g/mol. The molecule has 128 valence electrons. The Labute approximate surface area is 150 Å². The molecule has 0 spiro atoms. The van der Waals surface area contributed by atoms with Gasteiger partial charge in [0.05, 0.1) is 21.8 Å². The van der Waals surface area contributed by atoms with Gasteiger partial charge in [-0.1, -0.05) is 35.9 Å². The predicted octanol–water partition coefficient (Wildman–Crippen LogP) is 3.89. The first kappa shape index (κ1) is 16.2. The van der Waals surface area contributed by atoms with Gasteiger partial charge < -0.3 is 10.2 Å². The number of rotatable bonds is 2. The van der Waals surface area contributed by atoms with Crippen molar-refractivity contribution in [3.63, 3.8) is 0 Å². The molecule has 1 N–H and O–H groups in total. The molecule has 6 heteroatoms. The van der Waals surface area contributed by atoms with Crippen molar-refractivity contribution in [2.24, 2.45) is 0 Å². The van der Waals surface area contributed by atoms with Gasteiger partial charge in [0.15, 0.2) is 0 Å². The molecular weight excluding hydrogens is 339 g/mol. The summed E-state index contributed by atoms with van der Waals surface area (Å²) in [4.78, 5) is 11.6. The van der Waals surface area contributed by atoms with E-state index in [4.69, 9.17) is 21.6 Å². The van der Waals surface area contributed by atoms with Crippen LogP contribution in [0.4, 0.5) is 10.3 Å². The first-order valence-electron chi connectivity index (χ1n) is 8.33. The second kappa shape index (κ2) is 6.58. The number of piperazine rings is 1. The third-order valence-electron chi connectivity index (χ3n) is 4.55. The second-order valence-electron chi connectivity index (χ2n) is 6.23. The molecule has 25 heavy (non-hydrogen) atoms. The third kappa shape index (κ3) is 2.94. The Kier molecular flexibility index (Phi) is 4.27. The number of para-hydroxylation sites is 1. The van der Waals surface area contributed by atoms with E-state index in [-0.39, 0.29) is 11.9 Å². The van der Waals surface area contributed by atoms with Gasteiger partial charge in [0.2, 0.25) is 5.95 Å². The zero-order valence-corrected chi connectivity index (χ0v) is 14.6. The fourth-order valence-corrected chi connectivity index (χ4v) is 3.50. The Hall–Kier alpha value is -2.24. The molecule has 2 heterocycles. The van der Waals surface area contributed by atoms with Crippen LogP contribution in [0.25, 0.3) is 22.2 Å². The van der Waals surface area contributed by atoms with Gasteiger partial charge in [-0.25, -0.2) is 14.4 Å². The van der Waals surface area contributed by atoms with E-state index in [9.17, 15) is 4.39 Å². The molecule has 1 aromatic heterocycles. The van der Waals surface area contributed by atoms with E-state index in [1.165, 1.54) is 6.07 Å². The molecule has 3 aromatic rings. The molecule has 1 aliphatic heterocycles. The standard InChI is InChI=1S/C19H18ClFN4/c1-12-11-22-9-10-25(12)19-23-16-8-3-2-5-13(16)18(24-19)17-14(20)6-4-7-15(17)21/h2-8,12,22H,9-11H2,1H3/t12-/m0/s1. The number of nitrogens with zero attached hydrogens (tertiary/aromatic N) is 3. The Morgan fingerprint density at radius 3 is 2.80 bits per heavy atom. The molecule has 1 fully saturated rings. The topological polar surface area (TPSA) is 41.0 Å². The summed E-state index contributed by atoms with van der Waals surface area (Å²) >= 11 is 6.31. The molecular formula is C19H18ClFN4. The largest absolute Gasteiger partial charge is 0.336 e. The minimum Gasteiger partial charge on any atom is -0.336 e. The minimum atomic E-state index is -0.379. The van der Waals surface area contributed by atoms with E-state index in [1.807, 2.05) is 24.3 Å². The Morgan fingerprint density at radius 2 is 2.00 bits per heavy atom. The monoisotopic (exact) mass is 356 g/mol. The number of hydrogen-bond acceptors (Lipinski definition) is 4. The predicted molar refractivity (Wildman–Crippen MR) is 99.6 cm³/mol. The van der Waals surface area contributed by atoms with E-state index < -0.39 is 0 Å². The number of halogens is 2. The van der Waals surface area contributed by atoms with Crippen molar-refractivity contribution in [1.29, 1.82) is 0 Å². The number of hydrogen-bond donors (Lipinski definition) is 1. The highest BCUT2D eigenvalue weighted by Crippen LogP contribution is 2.35. The van der Waals surface area contributed by atoms with Crippen molar-refractivity contribution in [3.8, 4) is 11.3 Å². The number of benzene rings is 2. The summed E-state index contributed by atoms with van der Waals surface area (Å²) in [5.41, 5.74) is 1.65. The van der Waals surface area contributed by atoms with Crippen LogP contribution in [0.3, 0.4) is 0 Å². The average Bonchev–Trinajstić information content (AvgIpc) is 2.62. The molecule has 4 nitrogen and oxygen atoms in total. The van der Waals surface area contributed by atoms with Gasteiger partial charge in [-0.15, -0.1) is 0 Å². The van der Waals surface area contributed by atoms with Crippen molar-refractivity contribution >= 4 is 28.5 Å². The molecule has 2 aromatic carbocycles. The van der Waals surface area contributed by atoms with Crippen LogP contribution in [-0.2, 0) is 0 Å². The molecule has 1 saturated heterocycles. The number of fused-ring (bicyclic) bond motifs is 1. The summed E-state index contributed by atoms with van der Waals surface area (Å²) in [6, 6.07) is 12.6. The Balaban J connectivity index is 1.96. The number of anilines is 1. The van der Waals surface area contributed by atoms with Crippen molar-refractivity contribution < 1.29 is 4.39 Å². The van der Waals surface area contributed by atoms with Gasteiger partial charge in [-0.05, 0) is 25.1 Å². The van der Waals surface area contributed by atoms with E-state index in [1.54, 1.807) is 12.1 Å². The Bertz CT molecular complexity index is 910. The summed E-state index contributed by atoms with van der Waals surface area (Å²) < 4.78 is 14.5. The third-order valence-corrected chi connectivity index (χ3v) is 4.86. The van der Waals surface area contributed by atoms with Crippen LogP contribution in [-0.4, -0.2) is 35.6 Å². The number of aromatic nitrogens is 2. The lowest BCUT2D eigenvalue weighted by molar-refractivity contribution is 0.493. The maximum Gasteiger partial charge on any atom is 0.226 e. The lowest BCUT2D eigenvalue weighted by atomic mass is 10.1. The van der Waals surface area contributed by atoms with Crippen LogP contribution in [0.1, 0.15) is 6.92 Å². The van der Waals surface area contributed by atoms with Crippen LogP contribution >= 0.6 is 11.6 Å². The molecule has 1 aliphatic rings. The van der Waals surface area contributed by atoms with Crippen LogP contribution in [0, 0.1) is 5.82 Å². The van der Waals surface area contributed by atoms with Gasteiger partial charge in [-0.3, -0.25) is 0 Å².